The van der Waals surface area contributed by atoms with Crippen molar-refractivity contribution in [2.75, 3.05) is 19.0 Å². The highest BCUT2D eigenvalue weighted by Crippen LogP contribution is 2.32. The van der Waals surface area contributed by atoms with Gasteiger partial charge in [0.2, 0.25) is 0 Å². The van der Waals surface area contributed by atoms with Crippen LogP contribution in [0.4, 0.5) is 5.69 Å². The normalized spacial score (nSPS) is 12.6. The Kier molecular flexibility index (Phi) is 5.09. The highest BCUT2D eigenvalue weighted by atomic mass is 79.9. The molecule has 2 nitrogen and oxygen atoms in total. The van der Waals surface area contributed by atoms with E-state index in [1.807, 2.05) is 6.92 Å². The van der Waals surface area contributed by atoms with Crippen LogP contribution in [0.1, 0.15) is 12.5 Å². The second-order valence-electron chi connectivity index (χ2n) is 3.53. The number of benzene rings is 1. The fourth-order valence-corrected chi connectivity index (χ4v) is 2.89. The number of methoxy groups -OCH3 is 1. The third kappa shape index (κ3) is 3.78. The molecule has 0 aliphatic rings. The van der Waals surface area contributed by atoms with E-state index >= 15 is 0 Å². The van der Waals surface area contributed by atoms with Crippen molar-refractivity contribution in [3.63, 3.8) is 0 Å². The molecule has 0 radical (unpaired) electrons. The Balaban J connectivity index is 2.77. The zero-order chi connectivity index (χ0) is 11.4. The highest BCUT2D eigenvalue weighted by Gasteiger charge is 2.07. The number of hydrogen-bond donors (Lipinski definition) is 1. The van der Waals surface area contributed by atoms with Gasteiger partial charge in [0.15, 0.2) is 0 Å². The van der Waals surface area contributed by atoms with E-state index in [1.165, 1.54) is 5.56 Å². The van der Waals surface area contributed by atoms with Gasteiger partial charge < -0.3 is 10.1 Å². The van der Waals surface area contributed by atoms with Gasteiger partial charge in [0.05, 0.1) is 11.8 Å². The fraction of sp³-hybridized carbons (Fsp3) is 0.455. The van der Waals surface area contributed by atoms with Crippen LogP contribution in [0.5, 0.6) is 0 Å². The monoisotopic (exact) mass is 335 g/mol. The van der Waals surface area contributed by atoms with E-state index < -0.39 is 0 Å². The predicted molar refractivity (Wildman–Crippen MR) is 71.5 cm³/mol. The lowest BCUT2D eigenvalue weighted by molar-refractivity contribution is 0.129. The zero-order valence-electron chi connectivity index (χ0n) is 9.10. The molecule has 0 spiro atoms. The summed E-state index contributed by atoms with van der Waals surface area (Å²) in [6, 6.07) is 4.18. The van der Waals surface area contributed by atoms with E-state index in [0.717, 1.165) is 21.2 Å². The molecule has 1 aromatic rings. The lowest BCUT2D eigenvalue weighted by Gasteiger charge is -2.15. The van der Waals surface area contributed by atoms with Crippen LogP contribution in [0.2, 0.25) is 0 Å². The lowest BCUT2D eigenvalue weighted by Crippen LogP contribution is -2.18. The first-order chi connectivity index (χ1) is 7.04. The summed E-state index contributed by atoms with van der Waals surface area (Å²) < 4.78 is 7.32. The van der Waals surface area contributed by atoms with E-state index in [1.54, 1.807) is 7.11 Å². The second-order valence-corrected chi connectivity index (χ2v) is 5.24. The van der Waals surface area contributed by atoms with Gasteiger partial charge in [0, 0.05) is 22.6 Å². The molecule has 0 amide bonds. The highest BCUT2D eigenvalue weighted by molar-refractivity contribution is 9.11. The summed E-state index contributed by atoms with van der Waals surface area (Å²) in [6.07, 6.45) is 0.199. The van der Waals surface area contributed by atoms with E-state index in [2.05, 4.69) is 56.2 Å². The van der Waals surface area contributed by atoms with Gasteiger partial charge in [-0.15, -0.1) is 0 Å². The second kappa shape index (κ2) is 5.87. The summed E-state index contributed by atoms with van der Waals surface area (Å²) in [5.41, 5.74) is 2.29. The van der Waals surface area contributed by atoms with Crippen LogP contribution < -0.4 is 5.32 Å². The molecule has 4 heteroatoms. The average Bonchev–Trinajstić information content (AvgIpc) is 2.15. The number of rotatable bonds is 4. The van der Waals surface area contributed by atoms with Crippen molar-refractivity contribution in [2.24, 2.45) is 0 Å². The maximum Gasteiger partial charge on any atom is 0.0715 e. The van der Waals surface area contributed by atoms with Gasteiger partial charge in [0.1, 0.15) is 0 Å². The molecule has 0 bridgehead atoms. The largest absolute Gasteiger partial charge is 0.381 e. The van der Waals surface area contributed by atoms with Crippen molar-refractivity contribution in [3.05, 3.63) is 26.6 Å². The molecule has 15 heavy (non-hydrogen) atoms. The van der Waals surface area contributed by atoms with Gasteiger partial charge in [-0.25, -0.2) is 0 Å². The van der Waals surface area contributed by atoms with Crippen molar-refractivity contribution in [3.8, 4) is 0 Å². The zero-order valence-corrected chi connectivity index (χ0v) is 12.3. The third-order valence-corrected chi connectivity index (χ3v) is 3.41. The lowest BCUT2D eigenvalue weighted by atomic mass is 10.2. The van der Waals surface area contributed by atoms with Gasteiger partial charge in [-0.1, -0.05) is 0 Å². The summed E-state index contributed by atoms with van der Waals surface area (Å²) in [4.78, 5) is 0. The molecule has 1 unspecified atom stereocenters. The Labute approximate surface area is 108 Å². The minimum Gasteiger partial charge on any atom is -0.381 e. The first kappa shape index (κ1) is 13.0. The quantitative estimate of drug-likeness (QED) is 0.898. The van der Waals surface area contributed by atoms with Crippen LogP contribution in [0.3, 0.4) is 0 Å². The van der Waals surface area contributed by atoms with Crippen LogP contribution in [-0.4, -0.2) is 19.8 Å². The third-order valence-electron chi connectivity index (χ3n) is 2.16. The van der Waals surface area contributed by atoms with Crippen LogP contribution in [0.15, 0.2) is 21.1 Å². The predicted octanol–water partition coefficient (Wildman–Crippen LogP) is 3.97. The number of aryl methyl sites for hydroxylation is 1. The summed E-state index contributed by atoms with van der Waals surface area (Å²) >= 11 is 7.07. The van der Waals surface area contributed by atoms with Crippen LogP contribution >= 0.6 is 31.9 Å². The summed E-state index contributed by atoms with van der Waals surface area (Å²) in [7, 11) is 1.71. The molecule has 0 fully saturated rings. The summed E-state index contributed by atoms with van der Waals surface area (Å²) in [5.74, 6) is 0. The van der Waals surface area contributed by atoms with E-state index in [4.69, 9.17) is 4.74 Å². The summed E-state index contributed by atoms with van der Waals surface area (Å²) in [6.45, 7) is 4.89. The van der Waals surface area contributed by atoms with Crippen molar-refractivity contribution >= 4 is 37.5 Å². The average molecular weight is 337 g/mol. The molecular weight excluding hydrogens is 322 g/mol. The number of ether oxygens (including phenoxy) is 1. The molecule has 1 aromatic carbocycles. The number of halogens is 2. The summed E-state index contributed by atoms with van der Waals surface area (Å²) in [5, 5.41) is 3.34. The number of nitrogens with one attached hydrogen (secondary N) is 1. The van der Waals surface area contributed by atoms with E-state index in [0.29, 0.717) is 0 Å². The standard InChI is InChI=1S/C11H15Br2NO/c1-7-4-9(12)11(10(13)5-7)14-6-8(2)15-3/h4-5,8,14H,6H2,1-3H3. The van der Waals surface area contributed by atoms with Gasteiger partial charge in [0.25, 0.3) is 0 Å². The van der Waals surface area contributed by atoms with Gasteiger partial charge in [-0.05, 0) is 63.4 Å². The van der Waals surface area contributed by atoms with Gasteiger partial charge in [-0.2, -0.15) is 0 Å². The van der Waals surface area contributed by atoms with Crippen LogP contribution in [0.25, 0.3) is 0 Å². The molecule has 0 aliphatic carbocycles. The topological polar surface area (TPSA) is 21.3 Å². The SMILES string of the molecule is COC(C)CNc1c(Br)cc(C)cc1Br. The van der Waals surface area contributed by atoms with Crippen molar-refractivity contribution in [2.45, 2.75) is 20.0 Å². The van der Waals surface area contributed by atoms with Crippen molar-refractivity contribution in [1.82, 2.24) is 0 Å². The Morgan fingerprint density at radius 2 is 1.87 bits per heavy atom. The Morgan fingerprint density at radius 1 is 1.33 bits per heavy atom. The molecule has 0 heterocycles. The molecule has 1 rings (SSSR count). The molecule has 0 aromatic heterocycles. The van der Waals surface area contributed by atoms with Gasteiger partial charge >= 0.3 is 0 Å². The maximum atomic E-state index is 5.18. The molecule has 84 valence electrons. The molecule has 0 aliphatic heterocycles. The van der Waals surface area contributed by atoms with Crippen LogP contribution in [-0.2, 0) is 4.74 Å². The molecular formula is C11H15Br2NO. The Morgan fingerprint density at radius 3 is 2.33 bits per heavy atom. The molecule has 0 saturated heterocycles. The number of anilines is 1. The molecule has 1 N–H and O–H groups in total. The fourth-order valence-electron chi connectivity index (χ4n) is 1.20. The Bertz CT molecular complexity index is 318. The molecule has 0 saturated carbocycles. The van der Waals surface area contributed by atoms with E-state index in [9.17, 15) is 0 Å². The maximum absolute atomic E-state index is 5.18. The Hall–Kier alpha value is -0.0600. The molecule has 1 atom stereocenters. The minimum absolute atomic E-state index is 0.199. The smallest absolute Gasteiger partial charge is 0.0715 e. The van der Waals surface area contributed by atoms with E-state index in [-0.39, 0.29) is 6.10 Å². The van der Waals surface area contributed by atoms with Crippen molar-refractivity contribution in [1.29, 1.82) is 0 Å². The number of hydrogen-bond acceptors (Lipinski definition) is 2. The first-order valence-electron chi connectivity index (χ1n) is 4.77. The first-order valence-corrected chi connectivity index (χ1v) is 6.35. The van der Waals surface area contributed by atoms with Gasteiger partial charge in [-0.3, -0.25) is 0 Å². The van der Waals surface area contributed by atoms with Crippen molar-refractivity contribution < 1.29 is 4.74 Å². The minimum atomic E-state index is 0.199. The van der Waals surface area contributed by atoms with Crippen LogP contribution in [0, 0.1) is 6.92 Å².